The number of hydrogen-bond donors (Lipinski definition) is 2. The molecule has 1 fully saturated rings. The molecule has 1 aromatic carbocycles. The molecule has 3 aliphatic rings. The molecule has 0 saturated carbocycles. The number of ether oxygens (including phenoxy) is 1. The molecule has 2 amide bonds. The summed E-state index contributed by atoms with van der Waals surface area (Å²) in [7, 11) is 0. The number of hydrogen-bond acceptors (Lipinski definition) is 6. The van der Waals surface area contributed by atoms with Crippen LogP contribution in [0.1, 0.15) is 53.9 Å². The molecule has 3 heterocycles. The number of amides is 2. The van der Waals surface area contributed by atoms with Crippen molar-refractivity contribution in [1.29, 1.82) is 0 Å². The summed E-state index contributed by atoms with van der Waals surface area (Å²) in [6.45, 7) is 5.73. The average molecular weight is 478 g/mol. The molecule has 184 valence electrons. The van der Waals surface area contributed by atoms with Gasteiger partial charge in [-0.15, -0.1) is 0 Å². The predicted molar refractivity (Wildman–Crippen MR) is 131 cm³/mol. The van der Waals surface area contributed by atoms with E-state index in [1.807, 2.05) is 12.1 Å². The number of carbonyl (C=O) groups is 2. The Morgan fingerprint density at radius 3 is 2.49 bits per heavy atom. The molecule has 0 unspecified atom stereocenters. The topological polar surface area (TPSA) is 122 Å². The fourth-order valence-corrected chi connectivity index (χ4v) is 5.06. The van der Waals surface area contributed by atoms with Crippen LogP contribution in [0.25, 0.3) is 12.2 Å². The third-order valence-corrected chi connectivity index (χ3v) is 6.85. The number of nitrogens with one attached hydrogen (secondary N) is 1. The van der Waals surface area contributed by atoms with E-state index in [2.05, 4.69) is 22.3 Å². The summed E-state index contributed by atoms with van der Waals surface area (Å²) >= 11 is 0. The maximum atomic E-state index is 13.6. The van der Waals surface area contributed by atoms with Crippen LogP contribution in [0, 0.1) is 0 Å². The van der Waals surface area contributed by atoms with Crippen molar-refractivity contribution in [1.82, 2.24) is 20.0 Å². The summed E-state index contributed by atoms with van der Waals surface area (Å²) in [5.74, 6) is 0.443. The smallest absolute Gasteiger partial charge is 0.271 e. The summed E-state index contributed by atoms with van der Waals surface area (Å²) < 4.78 is 5.85. The third kappa shape index (κ3) is 4.48. The second-order valence-electron chi connectivity index (χ2n) is 10.0. The zero-order valence-electron chi connectivity index (χ0n) is 20.2. The van der Waals surface area contributed by atoms with Gasteiger partial charge in [-0.25, -0.2) is 5.10 Å². The fourth-order valence-electron chi connectivity index (χ4n) is 5.06. The molecule has 0 spiro atoms. The van der Waals surface area contributed by atoms with Crippen molar-refractivity contribution in [2.24, 2.45) is 5.73 Å². The molecule has 3 N–H and O–H groups in total. The summed E-state index contributed by atoms with van der Waals surface area (Å²) in [6, 6.07) is 3.96. The number of aromatic nitrogens is 2. The quantitative estimate of drug-likeness (QED) is 0.622. The van der Waals surface area contributed by atoms with E-state index in [9.17, 15) is 14.4 Å². The van der Waals surface area contributed by atoms with Gasteiger partial charge >= 0.3 is 0 Å². The van der Waals surface area contributed by atoms with Crippen LogP contribution in [0.3, 0.4) is 0 Å². The van der Waals surface area contributed by atoms with Gasteiger partial charge in [0.15, 0.2) is 0 Å². The van der Waals surface area contributed by atoms with E-state index < -0.39 is 5.54 Å². The first-order valence-electron chi connectivity index (χ1n) is 12.2. The molecule has 0 atom stereocenters. The number of nitrogens with zero attached hydrogens (tertiary/aromatic N) is 3. The summed E-state index contributed by atoms with van der Waals surface area (Å²) in [5.41, 5.74) is 8.17. The van der Waals surface area contributed by atoms with Crippen LogP contribution >= 0.6 is 0 Å². The average Bonchev–Trinajstić information content (AvgIpc) is 3.33. The number of rotatable bonds is 4. The van der Waals surface area contributed by atoms with Crippen LogP contribution in [-0.4, -0.2) is 70.1 Å². The van der Waals surface area contributed by atoms with Crippen molar-refractivity contribution in [2.75, 3.05) is 32.8 Å². The van der Waals surface area contributed by atoms with Gasteiger partial charge in [0, 0.05) is 49.5 Å². The van der Waals surface area contributed by atoms with E-state index in [0.717, 1.165) is 41.3 Å². The lowest BCUT2D eigenvalue weighted by Crippen LogP contribution is -2.57. The Labute approximate surface area is 203 Å². The zero-order valence-corrected chi connectivity index (χ0v) is 20.2. The van der Waals surface area contributed by atoms with E-state index in [1.165, 1.54) is 0 Å². The Hall–Kier alpha value is -3.46. The van der Waals surface area contributed by atoms with Crippen LogP contribution in [0.15, 0.2) is 16.9 Å². The van der Waals surface area contributed by atoms with Crippen molar-refractivity contribution >= 4 is 24.0 Å². The molecule has 0 bridgehead atoms. The third-order valence-electron chi connectivity index (χ3n) is 6.85. The van der Waals surface area contributed by atoms with Crippen LogP contribution in [-0.2, 0) is 17.6 Å². The molecule has 35 heavy (non-hydrogen) atoms. The first-order valence-corrected chi connectivity index (χ1v) is 12.2. The summed E-state index contributed by atoms with van der Waals surface area (Å²) in [4.78, 5) is 41.8. The van der Waals surface area contributed by atoms with E-state index in [1.54, 1.807) is 23.6 Å². The van der Waals surface area contributed by atoms with Crippen LogP contribution < -0.4 is 26.5 Å². The van der Waals surface area contributed by atoms with Gasteiger partial charge in [-0.3, -0.25) is 14.4 Å². The lowest BCUT2D eigenvalue weighted by atomic mass is 9.97. The maximum absolute atomic E-state index is 13.6. The molecule has 5 rings (SSSR count). The second kappa shape index (κ2) is 8.96. The molecule has 0 radical (unpaired) electrons. The summed E-state index contributed by atoms with van der Waals surface area (Å²) in [6.07, 6.45) is 7.00. The number of benzene rings is 1. The van der Waals surface area contributed by atoms with E-state index in [-0.39, 0.29) is 17.4 Å². The Morgan fingerprint density at radius 1 is 1.09 bits per heavy atom. The van der Waals surface area contributed by atoms with E-state index in [0.29, 0.717) is 55.7 Å². The fraction of sp³-hybridized carbons (Fsp3) is 0.462. The minimum Gasteiger partial charge on any atom is -0.492 e. The molecule has 1 aromatic heterocycles. The van der Waals surface area contributed by atoms with E-state index in [4.69, 9.17) is 10.5 Å². The molecule has 2 aliphatic heterocycles. The van der Waals surface area contributed by atoms with Crippen LogP contribution in [0.4, 0.5) is 0 Å². The number of fused-ring (bicyclic) bond motifs is 2. The normalized spacial score (nSPS) is 17.1. The maximum Gasteiger partial charge on any atom is 0.271 e. The highest BCUT2D eigenvalue weighted by atomic mass is 16.5. The number of piperazine rings is 1. The molecular weight excluding hydrogens is 446 g/mol. The first kappa shape index (κ1) is 23.3. The van der Waals surface area contributed by atoms with Crippen molar-refractivity contribution in [3.05, 3.63) is 55.3 Å². The van der Waals surface area contributed by atoms with Crippen molar-refractivity contribution in [3.8, 4) is 5.75 Å². The molecule has 9 nitrogen and oxygen atoms in total. The van der Waals surface area contributed by atoms with Gasteiger partial charge in [0.2, 0.25) is 5.91 Å². The zero-order chi connectivity index (χ0) is 24.7. The highest BCUT2D eigenvalue weighted by molar-refractivity contribution is 5.98. The molecular formula is C26H31N5O4. The van der Waals surface area contributed by atoms with Crippen LogP contribution in [0.2, 0.25) is 0 Å². The molecule has 9 heteroatoms. The monoisotopic (exact) mass is 477 g/mol. The Bertz CT molecular complexity index is 1360. The van der Waals surface area contributed by atoms with Gasteiger partial charge in [0.05, 0.1) is 23.4 Å². The van der Waals surface area contributed by atoms with Gasteiger partial charge in [-0.05, 0) is 43.9 Å². The van der Waals surface area contributed by atoms with Crippen LogP contribution in [0.5, 0.6) is 5.75 Å². The largest absolute Gasteiger partial charge is 0.492 e. The highest BCUT2D eigenvalue weighted by Crippen LogP contribution is 2.33. The lowest BCUT2D eigenvalue weighted by Gasteiger charge is -2.37. The minimum atomic E-state index is -0.931. The summed E-state index contributed by atoms with van der Waals surface area (Å²) in [5, 5.41) is 8.50. The second-order valence-corrected chi connectivity index (χ2v) is 10.0. The van der Waals surface area contributed by atoms with Gasteiger partial charge in [0.25, 0.3) is 11.5 Å². The van der Waals surface area contributed by atoms with Crippen molar-refractivity contribution in [3.63, 3.8) is 0 Å². The first-order chi connectivity index (χ1) is 16.7. The molecule has 1 aliphatic carbocycles. The standard InChI is InChI=1S/C26H31N5O4/c1-26(2,27)25(34)31-10-8-30(9-11-31)24(33)20-14-16(13-17-7-12-35-22(17)20)15-21-18-5-3-4-6-19(18)23(32)29-28-21/h5-6,13-14H,3-4,7-12,15,27H2,1-2H3,(H,29,32). The van der Waals surface area contributed by atoms with Crippen molar-refractivity contribution < 1.29 is 14.3 Å². The molecule has 2 aromatic rings. The Balaban J connectivity index is 1.41. The van der Waals surface area contributed by atoms with E-state index >= 15 is 0 Å². The van der Waals surface area contributed by atoms with Crippen molar-refractivity contribution in [2.45, 2.75) is 45.1 Å². The number of carbonyl (C=O) groups excluding carboxylic acids is 2. The lowest BCUT2D eigenvalue weighted by molar-refractivity contribution is -0.137. The highest BCUT2D eigenvalue weighted by Gasteiger charge is 2.33. The number of nitrogens with two attached hydrogens (primary N) is 1. The predicted octanol–water partition coefficient (Wildman–Crippen LogP) is -0.328. The number of H-pyrrole nitrogens is 1. The Kier molecular flexibility index (Phi) is 5.96. The molecule has 1 saturated heterocycles. The van der Waals surface area contributed by atoms with Gasteiger partial charge < -0.3 is 20.3 Å². The number of aromatic amines is 1. The SMILES string of the molecule is CC(C)(N)C(=O)N1CCN(C(=O)c2cc(Cc3n[nH]c(=O)c4c3=CCCC=4)cc3c2OCC3)CC1. The van der Waals surface area contributed by atoms with Gasteiger partial charge in [0.1, 0.15) is 5.75 Å². The minimum absolute atomic E-state index is 0.0968. The Morgan fingerprint density at radius 2 is 1.77 bits per heavy atom. The van der Waals surface area contributed by atoms with Gasteiger partial charge in [-0.2, -0.15) is 5.10 Å². The van der Waals surface area contributed by atoms with Gasteiger partial charge in [-0.1, -0.05) is 18.2 Å².